The Bertz CT molecular complexity index is 948. The second kappa shape index (κ2) is 5.37. The smallest absolute Gasteiger partial charge is 0.262 e. The maximum absolute atomic E-state index is 13.6. The van der Waals surface area contributed by atoms with Gasteiger partial charge in [0.05, 0.1) is 19.9 Å². The average Bonchev–Trinajstić information content (AvgIpc) is 3.08. The summed E-state index contributed by atoms with van der Waals surface area (Å²) < 4.78 is 11.1. The summed E-state index contributed by atoms with van der Waals surface area (Å²) in [5.74, 6) is 1.03. The summed E-state index contributed by atoms with van der Waals surface area (Å²) in [6, 6.07) is 3.74. The Kier molecular flexibility index (Phi) is 3.56. The number of anilines is 1. The first kappa shape index (κ1) is 18.6. The van der Waals surface area contributed by atoms with Crippen molar-refractivity contribution in [2.45, 2.75) is 34.1 Å². The highest BCUT2D eigenvalue weighted by Crippen LogP contribution is 2.71. The van der Waals surface area contributed by atoms with Crippen molar-refractivity contribution in [2.24, 2.45) is 0 Å². The number of benzene rings is 1. The van der Waals surface area contributed by atoms with Gasteiger partial charge in [-0.05, 0) is 13.0 Å². The number of alkyl halides is 1. The van der Waals surface area contributed by atoms with Crippen LogP contribution in [0.3, 0.4) is 0 Å². The minimum atomic E-state index is -1.00. The van der Waals surface area contributed by atoms with Crippen molar-refractivity contribution >= 4 is 50.7 Å². The van der Waals surface area contributed by atoms with Crippen LogP contribution in [0.2, 0.25) is 0 Å². The molecule has 6 rings (SSSR count). The number of carbonyl (C=O) groups excluding carboxylic acids is 2. The second-order valence-corrected chi connectivity index (χ2v) is 11.2. The van der Waals surface area contributed by atoms with Gasteiger partial charge in [-0.25, -0.2) is 0 Å². The van der Waals surface area contributed by atoms with Crippen molar-refractivity contribution in [3.05, 3.63) is 17.7 Å². The van der Waals surface area contributed by atoms with Crippen LogP contribution in [-0.2, 0) is 14.5 Å². The highest BCUT2D eigenvalue weighted by molar-refractivity contribution is 8.78. The lowest BCUT2D eigenvalue weighted by atomic mass is 9.94. The van der Waals surface area contributed by atoms with E-state index in [4.69, 9.17) is 21.1 Å². The molecule has 5 aliphatic heterocycles. The van der Waals surface area contributed by atoms with Crippen molar-refractivity contribution < 1.29 is 19.1 Å². The molecular weight excluding hydrogens is 422 g/mol. The van der Waals surface area contributed by atoms with Gasteiger partial charge in [0.1, 0.15) is 11.0 Å². The van der Waals surface area contributed by atoms with Crippen LogP contribution in [0.4, 0.5) is 5.69 Å². The van der Waals surface area contributed by atoms with E-state index in [1.165, 1.54) is 21.6 Å². The van der Waals surface area contributed by atoms with E-state index in [1.54, 1.807) is 38.0 Å². The van der Waals surface area contributed by atoms with Crippen LogP contribution in [0.15, 0.2) is 12.1 Å². The van der Waals surface area contributed by atoms with Gasteiger partial charge in [-0.15, -0.1) is 11.6 Å². The molecule has 0 saturated carbocycles. The largest absolute Gasteiger partial charge is 0.493 e. The zero-order valence-electron chi connectivity index (χ0n) is 16.1. The molecular formula is C18H20ClN3O4S2. The molecule has 0 aromatic heterocycles. The number of halogens is 1. The zero-order chi connectivity index (χ0) is 20.2. The Balaban J connectivity index is 1.74. The lowest BCUT2D eigenvalue weighted by Gasteiger charge is -2.57. The summed E-state index contributed by atoms with van der Waals surface area (Å²) in [6.07, 6.45) is -0.148. The van der Waals surface area contributed by atoms with Crippen molar-refractivity contribution in [3.63, 3.8) is 0 Å². The second-order valence-electron chi connectivity index (χ2n) is 7.69. The lowest BCUT2D eigenvalue weighted by Crippen LogP contribution is -2.75. The number of nitrogens with zero attached hydrogens (tertiary/aromatic N) is 3. The molecule has 7 nitrogen and oxygen atoms in total. The van der Waals surface area contributed by atoms with Crippen molar-refractivity contribution in [1.29, 1.82) is 0 Å². The van der Waals surface area contributed by atoms with Crippen LogP contribution < -0.4 is 14.4 Å². The van der Waals surface area contributed by atoms with E-state index in [1.807, 2.05) is 24.1 Å². The van der Waals surface area contributed by atoms with Gasteiger partial charge in [0.2, 0.25) is 0 Å². The highest BCUT2D eigenvalue weighted by Gasteiger charge is 2.77. The maximum Gasteiger partial charge on any atom is 0.262 e. The van der Waals surface area contributed by atoms with Gasteiger partial charge in [-0.2, -0.15) is 0 Å². The normalized spacial score (nSPS) is 37.9. The quantitative estimate of drug-likeness (QED) is 0.516. The van der Waals surface area contributed by atoms with Gasteiger partial charge in [-0.1, -0.05) is 27.7 Å². The Hall–Kier alpha value is -1.45. The standard InChI is InChI=1S/C18H20ClN3O4S2/c1-16-14(23)22-13-17(19,8-18(22,28-27-16)15(24)21(16)3)9-6-7-10(25-4)12(26-5)11(9)20(13)2/h6-7,13H,8H2,1-5H3/t13-,16+,17+,18-/m1/s1. The summed E-state index contributed by atoms with van der Waals surface area (Å²) in [6.45, 7) is 1.80. The van der Waals surface area contributed by atoms with Gasteiger partial charge in [0.25, 0.3) is 11.8 Å². The molecule has 0 N–H and O–H groups in total. The van der Waals surface area contributed by atoms with Gasteiger partial charge in [0, 0.05) is 26.1 Å². The summed E-state index contributed by atoms with van der Waals surface area (Å²) in [7, 11) is 9.66. The van der Waals surface area contributed by atoms with Crippen molar-refractivity contribution in [2.75, 3.05) is 33.2 Å². The molecule has 1 aromatic rings. The van der Waals surface area contributed by atoms with Gasteiger partial charge < -0.3 is 19.3 Å². The molecule has 4 saturated heterocycles. The fraction of sp³-hybridized carbons (Fsp3) is 0.556. The molecule has 4 atom stereocenters. The molecule has 0 aliphatic carbocycles. The predicted molar refractivity (Wildman–Crippen MR) is 110 cm³/mol. The summed E-state index contributed by atoms with van der Waals surface area (Å²) >= 11 is 7.28. The van der Waals surface area contributed by atoms with E-state index < -0.39 is 20.8 Å². The third-order valence-corrected chi connectivity index (χ3v) is 10.7. The van der Waals surface area contributed by atoms with Gasteiger partial charge in [-0.3, -0.25) is 14.5 Å². The number of likely N-dealkylation sites (N-methyl/N-ethyl adjacent to an activating group) is 2. The first-order valence-electron chi connectivity index (χ1n) is 8.83. The molecule has 2 amide bonds. The minimum Gasteiger partial charge on any atom is -0.493 e. The Morgan fingerprint density at radius 1 is 1.14 bits per heavy atom. The van der Waals surface area contributed by atoms with E-state index in [0.717, 1.165) is 11.3 Å². The van der Waals surface area contributed by atoms with Crippen molar-refractivity contribution in [3.8, 4) is 11.5 Å². The molecule has 4 fully saturated rings. The number of amides is 2. The zero-order valence-corrected chi connectivity index (χ0v) is 18.5. The monoisotopic (exact) mass is 441 g/mol. The average molecular weight is 442 g/mol. The summed E-state index contributed by atoms with van der Waals surface area (Å²) in [4.78, 5) is 29.3. The topological polar surface area (TPSA) is 62.3 Å². The molecule has 1 spiro atoms. The van der Waals surface area contributed by atoms with E-state index in [0.29, 0.717) is 17.9 Å². The van der Waals surface area contributed by atoms with Crippen LogP contribution >= 0.6 is 33.2 Å². The number of rotatable bonds is 2. The van der Waals surface area contributed by atoms with Gasteiger partial charge >= 0.3 is 0 Å². The SMILES string of the molecule is COc1ccc2c(c1OC)N(C)[C@@H]1N3C(=O)[C@]4(C)SS[C@]3(C[C@]21Cl)C(=O)N4C. The van der Waals surface area contributed by atoms with Crippen LogP contribution in [0.1, 0.15) is 18.9 Å². The van der Waals surface area contributed by atoms with E-state index in [9.17, 15) is 9.59 Å². The molecule has 150 valence electrons. The first-order valence-corrected chi connectivity index (χ1v) is 11.4. The molecule has 10 heteroatoms. The van der Waals surface area contributed by atoms with E-state index in [-0.39, 0.29) is 11.8 Å². The number of carbonyl (C=O) groups is 2. The molecule has 0 radical (unpaired) electrons. The molecule has 5 aliphatic rings. The molecule has 0 unspecified atom stereocenters. The fourth-order valence-corrected chi connectivity index (χ4v) is 9.16. The van der Waals surface area contributed by atoms with Crippen LogP contribution in [0.5, 0.6) is 11.5 Å². The van der Waals surface area contributed by atoms with Crippen molar-refractivity contribution in [1.82, 2.24) is 9.80 Å². The highest BCUT2D eigenvalue weighted by atomic mass is 35.5. The third kappa shape index (κ3) is 1.74. The third-order valence-electron chi connectivity index (χ3n) is 6.46. The van der Waals surface area contributed by atoms with Crippen LogP contribution in [0.25, 0.3) is 0 Å². The minimum absolute atomic E-state index is 0.0665. The molecule has 28 heavy (non-hydrogen) atoms. The summed E-state index contributed by atoms with van der Waals surface area (Å²) in [5.41, 5.74) is 1.65. The van der Waals surface area contributed by atoms with E-state index >= 15 is 0 Å². The summed E-state index contributed by atoms with van der Waals surface area (Å²) in [5, 5.41) is 0. The maximum atomic E-state index is 13.6. The molecule has 2 bridgehead atoms. The number of methoxy groups -OCH3 is 2. The number of ether oxygens (including phenoxy) is 2. The predicted octanol–water partition coefficient (Wildman–Crippen LogP) is 2.43. The number of fused-ring (bicyclic) bond motifs is 5. The molecule has 1 aromatic carbocycles. The first-order chi connectivity index (χ1) is 13.2. The van der Waals surface area contributed by atoms with Crippen LogP contribution in [-0.4, -0.2) is 65.8 Å². The lowest BCUT2D eigenvalue weighted by molar-refractivity contribution is -0.163. The van der Waals surface area contributed by atoms with E-state index in [2.05, 4.69) is 0 Å². The Labute approximate surface area is 176 Å². The Morgan fingerprint density at radius 3 is 2.50 bits per heavy atom. The van der Waals surface area contributed by atoms with Gasteiger partial charge in [0.15, 0.2) is 21.2 Å². The fourth-order valence-electron chi connectivity index (χ4n) is 4.98. The number of piperazine rings is 1. The number of hydrogen-bond acceptors (Lipinski definition) is 7. The Morgan fingerprint density at radius 2 is 1.86 bits per heavy atom. The van der Waals surface area contributed by atoms with Crippen LogP contribution in [0, 0.1) is 0 Å². The number of hydrogen-bond donors (Lipinski definition) is 0. The molecule has 5 heterocycles.